The van der Waals surface area contributed by atoms with E-state index >= 15 is 0 Å². The van der Waals surface area contributed by atoms with E-state index in [0.717, 1.165) is 15.4 Å². The van der Waals surface area contributed by atoms with Gasteiger partial charge in [-0.15, -0.1) is 0 Å². The van der Waals surface area contributed by atoms with Gasteiger partial charge in [0.05, 0.1) is 18.8 Å². The van der Waals surface area contributed by atoms with Crippen LogP contribution >= 0.6 is 15.9 Å². The maximum atomic E-state index is 11.3. The molecule has 2 heterocycles. The summed E-state index contributed by atoms with van der Waals surface area (Å²) in [7, 11) is 3.26. The molecular formula is C10H9BrN2O2. The molecule has 0 radical (unpaired) electrons. The van der Waals surface area contributed by atoms with E-state index in [9.17, 15) is 4.79 Å². The van der Waals surface area contributed by atoms with Crippen LogP contribution in [0, 0.1) is 0 Å². The molecule has 0 aliphatic heterocycles. The molecular weight excluding hydrogens is 260 g/mol. The van der Waals surface area contributed by atoms with Crippen LogP contribution in [0.2, 0.25) is 0 Å². The van der Waals surface area contributed by atoms with E-state index in [1.54, 1.807) is 12.3 Å². The van der Waals surface area contributed by atoms with Crippen molar-refractivity contribution in [3.63, 3.8) is 0 Å². The zero-order chi connectivity index (χ0) is 11.0. The van der Waals surface area contributed by atoms with E-state index < -0.39 is 5.97 Å². The van der Waals surface area contributed by atoms with Crippen LogP contribution in [-0.4, -0.2) is 22.6 Å². The standard InChI is InChI=1S/C10H9BrN2O2/c1-13-5-7(11)6-3-8(10(14)15-2)12-4-9(6)13/h3-5H,1-2H3. The number of hydrogen-bond acceptors (Lipinski definition) is 3. The van der Waals surface area contributed by atoms with Crippen LogP contribution < -0.4 is 0 Å². The van der Waals surface area contributed by atoms with Crippen molar-refractivity contribution >= 4 is 32.8 Å². The Bertz CT molecular complexity index is 533. The number of fused-ring (bicyclic) bond motifs is 1. The van der Waals surface area contributed by atoms with Crippen molar-refractivity contribution in [1.29, 1.82) is 0 Å². The number of nitrogens with zero attached hydrogens (tertiary/aromatic N) is 2. The summed E-state index contributed by atoms with van der Waals surface area (Å²) in [4.78, 5) is 15.3. The number of carbonyl (C=O) groups excluding carboxylic acids is 1. The Morgan fingerprint density at radius 2 is 2.33 bits per heavy atom. The van der Waals surface area contributed by atoms with Crippen LogP contribution in [0.3, 0.4) is 0 Å². The maximum Gasteiger partial charge on any atom is 0.356 e. The van der Waals surface area contributed by atoms with Crippen LogP contribution in [0.15, 0.2) is 22.9 Å². The van der Waals surface area contributed by atoms with E-state index in [0.29, 0.717) is 5.69 Å². The Balaban J connectivity index is 2.65. The van der Waals surface area contributed by atoms with Crippen molar-refractivity contribution in [2.75, 3.05) is 7.11 Å². The highest BCUT2D eigenvalue weighted by molar-refractivity contribution is 9.10. The van der Waals surface area contributed by atoms with Crippen molar-refractivity contribution in [3.05, 3.63) is 28.6 Å². The van der Waals surface area contributed by atoms with Gasteiger partial charge in [-0.3, -0.25) is 0 Å². The number of ether oxygens (including phenoxy) is 1. The van der Waals surface area contributed by atoms with Crippen molar-refractivity contribution in [1.82, 2.24) is 9.55 Å². The Morgan fingerprint density at radius 1 is 1.60 bits per heavy atom. The van der Waals surface area contributed by atoms with E-state index in [1.165, 1.54) is 7.11 Å². The van der Waals surface area contributed by atoms with Crippen molar-refractivity contribution in [3.8, 4) is 0 Å². The second kappa shape index (κ2) is 3.66. The van der Waals surface area contributed by atoms with Gasteiger partial charge in [-0.2, -0.15) is 0 Å². The van der Waals surface area contributed by atoms with Gasteiger partial charge in [-0.25, -0.2) is 9.78 Å². The quantitative estimate of drug-likeness (QED) is 0.745. The molecule has 4 nitrogen and oxygen atoms in total. The molecule has 0 saturated carbocycles. The fraction of sp³-hybridized carbons (Fsp3) is 0.200. The van der Waals surface area contributed by atoms with Crippen LogP contribution in [-0.2, 0) is 11.8 Å². The fourth-order valence-electron chi connectivity index (χ4n) is 1.45. The number of aryl methyl sites for hydroxylation is 1. The van der Waals surface area contributed by atoms with Crippen molar-refractivity contribution < 1.29 is 9.53 Å². The molecule has 0 N–H and O–H groups in total. The van der Waals surface area contributed by atoms with Gasteiger partial charge in [0, 0.05) is 23.1 Å². The average Bonchev–Trinajstić information content (AvgIpc) is 2.53. The lowest BCUT2D eigenvalue weighted by Gasteiger charge is -1.99. The molecule has 0 aliphatic rings. The minimum absolute atomic E-state index is 0.317. The predicted molar refractivity (Wildman–Crippen MR) is 59.8 cm³/mol. The highest BCUT2D eigenvalue weighted by Crippen LogP contribution is 2.25. The molecule has 0 aliphatic carbocycles. The largest absolute Gasteiger partial charge is 0.464 e. The van der Waals surface area contributed by atoms with Gasteiger partial charge in [-0.1, -0.05) is 0 Å². The first-order chi connectivity index (χ1) is 7.13. The minimum atomic E-state index is -0.423. The van der Waals surface area contributed by atoms with E-state index in [1.807, 2.05) is 17.8 Å². The second-order valence-electron chi connectivity index (χ2n) is 3.17. The molecule has 78 valence electrons. The fourth-order valence-corrected chi connectivity index (χ4v) is 2.07. The molecule has 0 unspecified atom stereocenters. The lowest BCUT2D eigenvalue weighted by Crippen LogP contribution is -2.03. The second-order valence-corrected chi connectivity index (χ2v) is 4.02. The van der Waals surface area contributed by atoms with Crippen molar-refractivity contribution in [2.24, 2.45) is 7.05 Å². The number of halogens is 1. The summed E-state index contributed by atoms with van der Waals surface area (Å²) in [5.41, 5.74) is 1.28. The third-order valence-electron chi connectivity index (χ3n) is 2.22. The van der Waals surface area contributed by atoms with Gasteiger partial charge in [0.15, 0.2) is 0 Å². The lowest BCUT2D eigenvalue weighted by molar-refractivity contribution is 0.0594. The molecule has 5 heteroatoms. The highest BCUT2D eigenvalue weighted by atomic mass is 79.9. The highest BCUT2D eigenvalue weighted by Gasteiger charge is 2.11. The van der Waals surface area contributed by atoms with Crippen LogP contribution in [0.4, 0.5) is 0 Å². The first-order valence-corrected chi connectivity index (χ1v) is 5.11. The minimum Gasteiger partial charge on any atom is -0.464 e. The normalized spacial score (nSPS) is 10.6. The van der Waals surface area contributed by atoms with Crippen molar-refractivity contribution in [2.45, 2.75) is 0 Å². The Morgan fingerprint density at radius 3 is 3.00 bits per heavy atom. The third-order valence-corrected chi connectivity index (χ3v) is 2.85. The molecule has 2 aromatic rings. The van der Waals surface area contributed by atoms with E-state index in [4.69, 9.17) is 0 Å². The molecule has 0 atom stereocenters. The summed E-state index contributed by atoms with van der Waals surface area (Å²) >= 11 is 3.42. The first kappa shape index (κ1) is 10.2. The summed E-state index contributed by atoms with van der Waals surface area (Å²) in [5, 5.41) is 0.952. The van der Waals surface area contributed by atoms with E-state index in [-0.39, 0.29) is 0 Å². The molecule has 0 aromatic carbocycles. The Kier molecular flexibility index (Phi) is 2.48. The zero-order valence-corrected chi connectivity index (χ0v) is 9.91. The summed E-state index contributed by atoms with van der Waals surface area (Å²) < 4.78 is 7.48. The van der Waals surface area contributed by atoms with Gasteiger partial charge in [0.1, 0.15) is 5.69 Å². The lowest BCUT2D eigenvalue weighted by atomic mass is 10.2. The smallest absolute Gasteiger partial charge is 0.356 e. The number of pyridine rings is 1. The number of esters is 1. The SMILES string of the molecule is COC(=O)c1cc2c(Br)cn(C)c2cn1. The summed E-state index contributed by atoms with van der Waals surface area (Å²) in [6, 6.07) is 1.71. The van der Waals surface area contributed by atoms with Crippen LogP contribution in [0.1, 0.15) is 10.5 Å². The number of aromatic nitrogens is 2. The monoisotopic (exact) mass is 268 g/mol. The molecule has 0 bridgehead atoms. The molecule has 0 spiro atoms. The van der Waals surface area contributed by atoms with Crippen LogP contribution in [0.25, 0.3) is 10.9 Å². The first-order valence-electron chi connectivity index (χ1n) is 4.32. The molecule has 2 aromatic heterocycles. The summed E-state index contributed by atoms with van der Waals surface area (Å²) in [6.45, 7) is 0. The number of carbonyl (C=O) groups is 1. The third kappa shape index (κ3) is 1.63. The van der Waals surface area contributed by atoms with Gasteiger partial charge in [0.2, 0.25) is 0 Å². The molecule has 2 rings (SSSR count). The maximum absolute atomic E-state index is 11.3. The molecule has 0 fully saturated rings. The zero-order valence-electron chi connectivity index (χ0n) is 8.32. The molecule has 15 heavy (non-hydrogen) atoms. The average molecular weight is 269 g/mol. The van der Waals surface area contributed by atoms with Crippen LogP contribution in [0.5, 0.6) is 0 Å². The summed E-state index contributed by atoms with van der Waals surface area (Å²) in [5.74, 6) is -0.423. The Labute approximate surface area is 95.0 Å². The number of methoxy groups -OCH3 is 1. The number of rotatable bonds is 1. The number of hydrogen-bond donors (Lipinski definition) is 0. The van der Waals surface area contributed by atoms with Gasteiger partial charge in [0.25, 0.3) is 0 Å². The molecule has 0 saturated heterocycles. The van der Waals surface area contributed by atoms with E-state index in [2.05, 4.69) is 25.7 Å². The topological polar surface area (TPSA) is 44.1 Å². The van der Waals surface area contributed by atoms with Gasteiger partial charge >= 0.3 is 5.97 Å². The summed E-state index contributed by atoms with van der Waals surface area (Å²) in [6.07, 6.45) is 3.58. The Hall–Kier alpha value is -1.36. The van der Waals surface area contributed by atoms with Gasteiger partial charge < -0.3 is 9.30 Å². The van der Waals surface area contributed by atoms with Gasteiger partial charge in [-0.05, 0) is 22.0 Å². The molecule has 0 amide bonds. The predicted octanol–water partition coefficient (Wildman–Crippen LogP) is 2.12.